The van der Waals surface area contributed by atoms with Crippen LogP contribution in [0.2, 0.25) is 0 Å². The lowest BCUT2D eigenvalue weighted by molar-refractivity contribution is 0.923. The summed E-state index contributed by atoms with van der Waals surface area (Å²) in [5.74, 6) is 0.159. The number of hydrogen-bond donors (Lipinski definition) is 0. The summed E-state index contributed by atoms with van der Waals surface area (Å²) >= 11 is 0. The number of benzene rings is 2. The summed E-state index contributed by atoms with van der Waals surface area (Å²) in [6.45, 7) is 0. The van der Waals surface area contributed by atoms with Crippen LogP contribution in [0.25, 0.3) is 10.9 Å². The number of rotatable bonds is 3. The zero-order chi connectivity index (χ0) is 16.2. The second-order valence-electron chi connectivity index (χ2n) is 6.00. The summed E-state index contributed by atoms with van der Waals surface area (Å²) in [6.07, 6.45) is 11.9. The molecule has 1 atom stereocenters. The molecule has 3 aromatic rings. The van der Waals surface area contributed by atoms with Gasteiger partial charge in [-0.25, -0.2) is 0 Å². The first kappa shape index (κ1) is 14.6. The average Bonchev–Trinajstić information content (AvgIpc) is 2.92. The minimum atomic E-state index is 0.159. The predicted octanol–water partition coefficient (Wildman–Crippen LogP) is 5.81. The van der Waals surface area contributed by atoms with Crippen molar-refractivity contribution in [3.8, 4) is 0 Å². The maximum Gasteiger partial charge on any atom is 0.0705 e. The van der Waals surface area contributed by atoms with E-state index in [0.29, 0.717) is 0 Å². The number of para-hydroxylation sites is 1. The molecule has 1 aromatic heterocycles. The molecule has 0 bridgehead atoms. The minimum absolute atomic E-state index is 0.159. The van der Waals surface area contributed by atoms with E-state index < -0.39 is 0 Å². The topological polar surface area (TPSA) is 12.9 Å². The predicted molar refractivity (Wildman–Crippen MR) is 101 cm³/mol. The van der Waals surface area contributed by atoms with Crippen molar-refractivity contribution in [1.82, 2.24) is 4.98 Å². The number of pyridine rings is 1. The first-order chi connectivity index (χ1) is 11.9. The van der Waals surface area contributed by atoms with Crippen LogP contribution in [0.15, 0.2) is 103 Å². The van der Waals surface area contributed by atoms with Gasteiger partial charge in [0.25, 0.3) is 0 Å². The number of aromatic nitrogens is 1. The van der Waals surface area contributed by atoms with Gasteiger partial charge in [-0.15, -0.1) is 0 Å². The van der Waals surface area contributed by atoms with Crippen molar-refractivity contribution in [2.45, 2.75) is 12.3 Å². The van der Waals surface area contributed by atoms with Crippen LogP contribution in [0.4, 0.5) is 0 Å². The molecule has 116 valence electrons. The molecular weight excluding hydrogens is 290 g/mol. The molecule has 1 aliphatic rings. The lowest BCUT2D eigenvalue weighted by Gasteiger charge is -2.19. The van der Waals surface area contributed by atoms with Gasteiger partial charge in [0.1, 0.15) is 0 Å². The normalized spacial score (nSPS) is 15.1. The molecule has 1 nitrogen and oxygen atoms in total. The zero-order valence-corrected chi connectivity index (χ0v) is 13.5. The Morgan fingerprint density at radius 1 is 0.792 bits per heavy atom. The highest BCUT2D eigenvalue weighted by molar-refractivity contribution is 5.78. The quantitative estimate of drug-likeness (QED) is 0.595. The highest BCUT2D eigenvalue weighted by atomic mass is 14.7. The summed E-state index contributed by atoms with van der Waals surface area (Å²) in [4.78, 5) is 4.96. The lowest BCUT2D eigenvalue weighted by atomic mass is 9.87. The average molecular weight is 309 g/mol. The van der Waals surface area contributed by atoms with Crippen LogP contribution < -0.4 is 0 Å². The van der Waals surface area contributed by atoms with E-state index in [-0.39, 0.29) is 5.92 Å². The first-order valence-corrected chi connectivity index (χ1v) is 8.36. The molecule has 0 spiro atoms. The van der Waals surface area contributed by atoms with Crippen molar-refractivity contribution < 1.29 is 0 Å². The van der Waals surface area contributed by atoms with E-state index in [0.717, 1.165) is 17.6 Å². The molecular formula is C23H19N. The largest absolute Gasteiger partial charge is 0.252 e. The Hall–Kier alpha value is -2.93. The van der Waals surface area contributed by atoms with Crippen LogP contribution in [-0.2, 0) is 0 Å². The molecule has 24 heavy (non-hydrogen) atoms. The molecule has 1 aliphatic carbocycles. The number of fused-ring (bicyclic) bond motifs is 1. The fourth-order valence-corrected chi connectivity index (χ4v) is 3.23. The third-order valence-electron chi connectivity index (χ3n) is 4.41. The summed E-state index contributed by atoms with van der Waals surface area (Å²) in [5.41, 5.74) is 4.72. The van der Waals surface area contributed by atoms with Crippen molar-refractivity contribution in [3.05, 3.63) is 114 Å². The van der Waals surface area contributed by atoms with Crippen molar-refractivity contribution in [3.63, 3.8) is 0 Å². The van der Waals surface area contributed by atoms with E-state index in [1.165, 1.54) is 16.5 Å². The SMILES string of the molecule is C1=CCC=C(C(c2ccccc2)c2ccc3ccccc3n2)C=C1. The van der Waals surface area contributed by atoms with Crippen molar-refractivity contribution >= 4 is 10.9 Å². The molecule has 2 aromatic carbocycles. The third kappa shape index (κ3) is 2.93. The highest BCUT2D eigenvalue weighted by Crippen LogP contribution is 2.33. The second-order valence-corrected chi connectivity index (χ2v) is 6.00. The first-order valence-electron chi connectivity index (χ1n) is 8.36. The molecule has 0 fully saturated rings. The van der Waals surface area contributed by atoms with Crippen LogP contribution >= 0.6 is 0 Å². The van der Waals surface area contributed by atoms with Gasteiger partial charge in [-0.2, -0.15) is 0 Å². The molecule has 0 saturated heterocycles. The van der Waals surface area contributed by atoms with Crippen LogP contribution in [0.5, 0.6) is 0 Å². The number of nitrogens with zero attached hydrogens (tertiary/aromatic N) is 1. The van der Waals surface area contributed by atoms with Gasteiger partial charge >= 0.3 is 0 Å². The molecule has 0 N–H and O–H groups in total. The van der Waals surface area contributed by atoms with Gasteiger partial charge in [0.2, 0.25) is 0 Å². The van der Waals surface area contributed by atoms with Gasteiger partial charge in [-0.3, -0.25) is 4.98 Å². The van der Waals surface area contributed by atoms with E-state index in [2.05, 4.69) is 91.0 Å². The zero-order valence-electron chi connectivity index (χ0n) is 13.5. The van der Waals surface area contributed by atoms with E-state index >= 15 is 0 Å². The maximum absolute atomic E-state index is 4.96. The van der Waals surface area contributed by atoms with E-state index in [1.807, 2.05) is 6.07 Å². The van der Waals surface area contributed by atoms with Crippen LogP contribution in [0, 0.1) is 0 Å². The van der Waals surface area contributed by atoms with E-state index in [1.54, 1.807) is 0 Å². The Morgan fingerprint density at radius 2 is 1.62 bits per heavy atom. The number of allylic oxidation sites excluding steroid dienone is 6. The van der Waals surface area contributed by atoms with Crippen molar-refractivity contribution in [1.29, 1.82) is 0 Å². The highest BCUT2D eigenvalue weighted by Gasteiger charge is 2.19. The van der Waals surface area contributed by atoms with Gasteiger partial charge in [-0.05, 0) is 29.7 Å². The van der Waals surface area contributed by atoms with E-state index in [9.17, 15) is 0 Å². The Morgan fingerprint density at radius 3 is 2.54 bits per heavy atom. The Bertz CT molecular complexity index is 932. The minimum Gasteiger partial charge on any atom is -0.252 e. The summed E-state index contributed by atoms with van der Waals surface area (Å²) in [7, 11) is 0. The Labute approximate surface area is 142 Å². The van der Waals surface area contributed by atoms with Gasteiger partial charge < -0.3 is 0 Å². The molecule has 0 radical (unpaired) electrons. The molecule has 0 saturated carbocycles. The summed E-state index contributed by atoms with van der Waals surface area (Å²) < 4.78 is 0. The van der Waals surface area contributed by atoms with Gasteiger partial charge in [0, 0.05) is 5.39 Å². The van der Waals surface area contributed by atoms with Gasteiger partial charge in [0.15, 0.2) is 0 Å². The molecule has 1 heterocycles. The smallest absolute Gasteiger partial charge is 0.0705 e. The van der Waals surface area contributed by atoms with Gasteiger partial charge in [-0.1, -0.05) is 85.0 Å². The fraction of sp³-hybridized carbons (Fsp3) is 0.0870. The van der Waals surface area contributed by atoms with Crippen LogP contribution in [-0.4, -0.2) is 4.98 Å². The standard InChI is InChI=1S/C23H19N/c1-2-5-12-19(11-4-1)23(20-13-6-3-7-14-20)22-17-16-18-10-8-9-15-21(18)24-22/h1-4,6-17,23H,5H2. The molecule has 4 rings (SSSR count). The number of hydrogen-bond acceptors (Lipinski definition) is 1. The summed E-state index contributed by atoms with van der Waals surface area (Å²) in [6, 6.07) is 23.3. The van der Waals surface area contributed by atoms with Crippen LogP contribution in [0.1, 0.15) is 23.6 Å². The second kappa shape index (κ2) is 6.67. The maximum atomic E-state index is 4.96. The molecule has 1 heteroatoms. The Kier molecular flexibility index (Phi) is 4.07. The lowest BCUT2D eigenvalue weighted by Crippen LogP contribution is -2.06. The third-order valence-corrected chi connectivity index (χ3v) is 4.41. The summed E-state index contributed by atoms with van der Waals surface area (Å²) in [5, 5.41) is 1.18. The fourth-order valence-electron chi connectivity index (χ4n) is 3.23. The van der Waals surface area contributed by atoms with Crippen LogP contribution in [0.3, 0.4) is 0 Å². The van der Waals surface area contributed by atoms with Gasteiger partial charge in [0.05, 0.1) is 17.1 Å². The van der Waals surface area contributed by atoms with E-state index in [4.69, 9.17) is 4.98 Å². The molecule has 0 aliphatic heterocycles. The monoisotopic (exact) mass is 309 g/mol. The van der Waals surface area contributed by atoms with Crippen molar-refractivity contribution in [2.24, 2.45) is 0 Å². The van der Waals surface area contributed by atoms with Crippen molar-refractivity contribution in [2.75, 3.05) is 0 Å². The molecule has 0 amide bonds. The Balaban J connectivity index is 1.86. The molecule has 1 unspecified atom stereocenters.